The average molecular weight is 470 g/mol. The van der Waals surface area contributed by atoms with Crippen molar-refractivity contribution in [2.45, 2.75) is 31.1 Å². The summed E-state index contributed by atoms with van der Waals surface area (Å²) >= 11 is -2.10. The third-order valence-corrected chi connectivity index (χ3v) is 11.4. The Kier molecular flexibility index (Phi) is 3.67. The average Bonchev–Trinajstić information content (AvgIpc) is 3.08. The Labute approximate surface area is 183 Å². The second kappa shape index (κ2) is 5.98. The number of para-hydroxylation sites is 1. The van der Waals surface area contributed by atoms with Gasteiger partial charge in [0.05, 0.1) is 0 Å². The van der Waals surface area contributed by atoms with Crippen LogP contribution in [0.1, 0.15) is 11.1 Å². The van der Waals surface area contributed by atoms with E-state index in [1.807, 2.05) is 13.0 Å². The van der Waals surface area contributed by atoms with Crippen molar-refractivity contribution in [2.24, 2.45) is 7.05 Å². The molecular formula is C27H26FGeN2+. The molecule has 3 aromatic heterocycles. The fraction of sp³-hybridized carbons (Fsp3) is 0.222. The van der Waals surface area contributed by atoms with Gasteiger partial charge in [0.15, 0.2) is 0 Å². The first-order chi connectivity index (χ1) is 14.7. The van der Waals surface area contributed by atoms with E-state index in [4.69, 9.17) is 0 Å². The summed E-state index contributed by atoms with van der Waals surface area (Å²) in [5.74, 6) is 7.22. The summed E-state index contributed by atoms with van der Waals surface area (Å²) < 4.78 is 21.8. The molecule has 0 N–H and O–H groups in total. The molecule has 3 aromatic carbocycles. The van der Waals surface area contributed by atoms with Crippen LogP contribution < -0.4 is 8.96 Å². The third kappa shape index (κ3) is 2.30. The van der Waals surface area contributed by atoms with Gasteiger partial charge in [-0.3, -0.25) is 0 Å². The molecule has 0 atom stereocenters. The topological polar surface area (TPSA) is 8.29 Å². The Balaban J connectivity index is 2.11. The standard InChI is InChI=1S/C27H26FGeN2/c1-15-16(2)25(28)24-19-9-7-8-10-20(19)31-21-14-18(29(3,4)5)13-17-11-12-30(6)26(23(17)21)22(15)27(24)31/h7-14H,1-6H3/q+1. The Hall–Kier alpha value is -2.66. The van der Waals surface area contributed by atoms with Gasteiger partial charge in [-0.1, -0.05) is 0 Å². The zero-order valence-electron chi connectivity index (χ0n) is 18.9. The number of nitrogens with zero attached hydrogens (tertiary/aromatic N) is 2. The molecule has 0 radical (unpaired) electrons. The fourth-order valence-electron chi connectivity index (χ4n) is 5.35. The number of fused-ring (bicyclic) bond motifs is 5. The van der Waals surface area contributed by atoms with Crippen LogP contribution in [-0.4, -0.2) is 17.7 Å². The molecule has 4 heteroatoms. The van der Waals surface area contributed by atoms with Gasteiger partial charge in [-0.25, -0.2) is 0 Å². The summed E-state index contributed by atoms with van der Waals surface area (Å²) in [6.45, 7) is 3.98. The maximum atomic E-state index is 15.8. The minimum atomic E-state index is -2.10. The van der Waals surface area contributed by atoms with E-state index in [9.17, 15) is 0 Å². The number of hydrogen-bond donors (Lipinski definition) is 0. The number of hydrogen-bond acceptors (Lipinski definition) is 0. The van der Waals surface area contributed by atoms with E-state index >= 15 is 4.39 Å². The Morgan fingerprint density at radius 3 is 2.35 bits per heavy atom. The first-order valence-electron chi connectivity index (χ1n) is 10.9. The minimum absolute atomic E-state index is 0.0888. The molecule has 0 bridgehead atoms. The Bertz CT molecular complexity index is 1700. The van der Waals surface area contributed by atoms with Crippen molar-refractivity contribution in [3.63, 3.8) is 0 Å². The van der Waals surface area contributed by atoms with Gasteiger partial charge in [0.2, 0.25) is 0 Å². The van der Waals surface area contributed by atoms with Gasteiger partial charge < -0.3 is 0 Å². The van der Waals surface area contributed by atoms with Gasteiger partial charge in [0.25, 0.3) is 0 Å². The first kappa shape index (κ1) is 19.1. The zero-order chi connectivity index (χ0) is 21.8. The predicted molar refractivity (Wildman–Crippen MR) is 132 cm³/mol. The van der Waals surface area contributed by atoms with E-state index in [0.29, 0.717) is 0 Å². The van der Waals surface area contributed by atoms with Gasteiger partial charge in [0.1, 0.15) is 0 Å². The van der Waals surface area contributed by atoms with Gasteiger partial charge in [0, 0.05) is 0 Å². The maximum absolute atomic E-state index is 15.8. The molecule has 6 aromatic rings. The van der Waals surface area contributed by atoms with Crippen LogP contribution in [0, 0.1) is 19.7 Å². The summed E-state index contributed by atoms with van der Waals surface area (Å²) in [4.78, 5) is 0. The van der Waals surface area contributed by atoms with E-state index < -0.39 is 13.3 Å². The molecular weight excluding hydrogens is 444 g/mol. The van der Waals surface area contributed by atoms with Crippen LogP contribution in [0.4, 0.5) is 4.39 Å². The van der Waals surface area contributed by atoms with Crippen molar-refractivity contribution in [1.82, 2.24) is 4.40 Å². The van der Waals surface area contributed by atoms with Gasteiger partial charge in [-0.15, -0.1) is 0 Å². The van der Waals surface area contributed by atoms with Crippen LogP contribution in [0.2, 0.25) is 17.3 Å². The summed E-state index contributed by atoms with van der Waals surface area (Å²) in [5, 5.41) is 5.45. The molecule has 0 spiro atoms. The van der Waals surface area contributed by atoms with Crippen molar-refractivity contribution >= 4 is 66.7 Å². The quantitative estimate of drug-likeness (QED) is 0.119. The Morgan fingerprint density at radius 2 is 1.61 bits per heavy atom. The van der Waals surface area contributed by atoms with E-state index in [1.54, 1.807) is 0 Å². The van der Waals surface area contributed by atoms with Crippen molar-refractivity contribution < 1.29 is 8.96 Å². The van der Waals surface area contributed by atoms with Crippen molar-refractivity contribution in [2.75, 3.05) is 0 Å². The molecule has 0 fully saturated rings. The van der Waals surface area contributed by atoms with Crippen LogP contribution in [0.25, 0.3) is 49.0 Å². The number of pyridine rings is 2. The number of rotatable bonds is 1. The zero-order valence-corrected chi connectivity index (χ0v) is 21.0. The van der Waals surface area contributed by atoms with Crippen molar-refractivity contribution in [1.29, 1.82) is 0 Å². The van der Waals surface area contributed by atoms with Crippen molar-refractivity contribution in [3.05, 3.63) is 65.6 Å². The number of halogens is 1. The second-order valence-corrected chi connectivity index (χ2v) is 20.7. The van der Waals surface area contributed by atoms with Crippen LogP contribution in [-0.2, 0) is 7.05 Å². The van der Waals surface area contributed by atoms with Crippen LogP contribution in [0.5, 0.6) is 0 Å². The van der Waals surface area contributed by atoms with Gasteiger partial charge in [-0.2, -0.15) is 0 Å². The Morgan fingerprint density at radius 1 is 0.871 bits per heavy atom. The molecule has 0 saturated heterocycles. The molecule has 0 unspecified atom stereocenters. The normalized spacial score (nSPS) is 13.0. The third-order valence-electron chi connectivity index (χ3n) is 7.16. The fourth-order valence-corrected chi connectivity index (χ4v) is 7.78. The predicted octanol–water partition coefficient (Wildman–Crippen LogP) is 6.12. The van der Waals surface area contributed by atoms with Crippen LogP contribution in [0.15, 0.2) is 48.7 Å². The SMILES string of the molecule is Cc1c(F)c2c3ccccc3n3c4c[c]([Ge]([CH3])([CH3])[CH3])cc5cc[n+](C)c(c(c1C)c23)c54. The molecule has 31 heavy (non-hydrogen) atoms. The molecule has 0 aliphatic carbocycles. The molecule has 0 saturated carbocycles. The molecule has 0 aliphatic heterocycles. The first-order valence-corrected chi connectivity index (χ1v) is 18.2. The molecule has 3 heterocycles. The molecule has 0 amide bonds. The summed E-state index contributed by atoms with van der Waals surface area (Å²) in [7, 11) is 2.11. The van der Waals surface area contributed by atoms with E-state index in [-0.39, 0.29) is 5.82 Å². The van der Waals surface area contributed by atoms with E-state index in [0.717, 1.165) is 38.3 Å². The van der Waals surface area contributed by atoms with E-state index in [2.05, 4.69) is 82.8 Å². The second-order valence-electron chi connectivity index (χ2n) is 10.00. The monoisotopic (exact) mass is 471 g/mol. The molecule has 2 nitrogen and oxygen atoms in total. The van der Waals surface area contributed by atoms with Crippen LogP contribution in [0.3, 0.4) is 0 Å². The summed E-state index contributed by atoms with van der Waals surface area (Å²) in [6, 6.07) is 15.3. The summed E-state index contributed by atoms with van der Waals surface area (Å²) in [6.07, 6.45) is 2.16. The number of aromatic nitrogens is 2. The number of aryl methyl sites for hydroxylation is 2. The van der Waals surface area contributed by atoms with Gasteiger partial charge in [-0.05, 0) is 0 Å². The van der Waals surface area contributed by atoms with E-state index in [1.165, 1.54) is 26.2 Å². The molecule has 154 valence electrons. The van der Waals surface area contributed by atoms with Gasteiger partial charge >= 0.3 is 184 Å². The number of benzene rings is 3. The summed E-state index contributed by atoms with van der Waals surface area (Å²) in [5.41, 5.74) is 6.25. The molecule has 6 rings (SSSR count). The van der Waals surface area contributed by atoms with Crippen molar-refractivity contribution in [3.8, 4) is 0 Å². The van der Waals surface area contributed by atoms with Crippen LogP contribution >= 0.6 is 0 Å². The molecule has 0 aliphatic rings.